The summed E-state index contributed by atoms with van der Waals surface area (Å²) in [6, 6.07) is 16.0. The minimum absolute atomic E-state index is 0. The largest absolute Gasteiger partial charge is 1.00 e. The quantitative estimate of drug-likeness (QED) is 0.300. The summed E-state index contributed by atoms with van der Waals surface area (Å²) in [5.41, 5.74) is 14.5. The van der Waals surface area contributed by atoms with Gasteiger partial charge in [0.05, 0.1) is 8.07 Å². The van der Waals surface area contributed by atoms with E-state index in [1.54, 1.807) is 46.6 Å². The molecule has 0 spiro atoms. The van der Waals surface area contributed by atoms with Crippen molar-refractivity contribution < 1.29 is 49.5 Å². The molecule has 2 aliphatic heterocycles. The van der Waals surface area contributed by atoms with E-state index in [0.717, 1.165) is 5.54 Å². The maximum atomic E-state index is 2.50. The minimum atomic E-state index is -0.976. The van der Waals surface area contributed by atoms with Crippen LogP contribution in [0.25, 0.3) is 22.4 Å². The van der Waals surface area contributed by atoms with Crippen molar-refractivity contribution in [3.05, 3.63) is 92.2 Å². The summed E-state index contributed by atoms with van der Waals surface area (Å²) in [6.07, 6.45) is 7.53. The Labute approximate surface area is 250 Å². The molecule has 187 valence electrons. The van der Waals surface area contributed by atoms with Crippen LogP contribution in [0, 0.1) is 0 Å². The summed E-state index contributed by atoms with van der Waals surface area (Å²) in [6.45, 7) is 11.9. The first-order chi connectivity index (χ1) is 16.3. The average Bonchev–Trinajstić information content (AvgIpc) is 3.52. The molecule has 1 aromatic heterocycles. The van der Waals surface area contributed by atoms with Gasteiger partial charge >= 0.3 is 143 Å². The third kappa shape index (κ3) is 5.13. The number of hydrogen-bond donors (Lipinski definition) is 0. The molecule has 2 bridgehead atoms. The van der Waals surface area contributed by atoms with Gasteiger partial charge in [0, 0.05) is 5.54 Å². The van der Waals surface area contributed by atoms with E-state index in [9.17, 15) is 0 Å². The Morgan fingerprint density at radius 3 is 2.25 bits per heavy atom. The van der Waals surface area contributed by atoms with Crippen molar-refractivity contribution in [3.63, 3.8) is 0 Å². The van der Waals surface area contributed by atoms with Gasteiger partial charge in [0.2, 0.25) is 0 Å². The molecule has 0 radical (unpaired) electrons. The Kier molecular flexibility index (Phi) is 9.95. The fourth-order valence-corrected chi connectivity index (χ4v) is 12.7. The van der Waals surface area contributed by atoms with Crippen molar-refractivity contribution in [2.24, 2.45) is 0 Å². The molecule has 2 aromatic carbocycles. The van der Waals surface area contributed by atoms with Crippen molar-refractivity contribution in [1.82, 2.24) is 0 Å². The second kappa shape index (κ2) is 12.0. The van der Waals surface area contributed by atoms with E-state index in [1.165, 1.54) is 59.1 Å². The zero-order valence-electron chi connectivity index (χ0n) is 21.9. The smallest absolute Gasteiger partial charge is 1.00 e. The summed E-state index contributed by atoms with van der Waals surface area (Å²) in [5, 5.41) is 6.47. The molecule has 3 aromatic rings. The second-order valence-corrected chi connectivity index (χ2v) is 17.4. The average molecular weight is 630 g/mol. The Morgan fingerprint density at radius 1 is 0.889 bits per heavy atom. The van der Waals surface area contributed by atoms with Gasteiger partial charge in [0.25, 0.3) is 0 Å². The molecule has 0 saturated carbocycles. The molecular formula is C31H35Cl2SSiZr. The molecule has 5 heteroatoms. The van der Waals surface area contributed by atoms with E-state index in [2.05, 4.69) is 93.2 Å². The summed E-state index contributed by atoms with van der Waals surface area (Å²) >= 11 is 3.46. The summed E-state index contributed by atoms with van der Waals surface area (Å²) in [7, 11) is -0.976. The number of benzene rings is 2. The monoisotopic (exact) mass is 627 g/mol. The maximum absolute atomic E-state index is 2.50. The third-order valence-electron chi connectivity index (χ3n) is 8.08. The predicted octanol–water partition coefficient (Wildman–Crippen LogP) is 3.52. The van der Waals surface area contributed by atoms with Crippen LogP contribution in [0.1, 0.15) is 77.0 Å². The molecular weight excluding hydrogens is 595 g/mol. The molecule has 2 unspecified atom stereocenters. The normalized spacial score (nSPS) is 19.7. The van der Waals surface area contributed by atoms with Crippen LogP contribution in [0.4, 0.5) is 0 Å². The first-order valence-corrected chi connectivity index (χ1v) is 18.2. The molecule has 4 aliphatic rings. The standard InChI is InChI=1S/C21H23.C10H12SSi.2ClH.Zr/c1-3-4-5-7-17-10-12-18(13-11-17)20-9-6-8-19-14-16(2)15-21(19)20;1-6-9-7-4-11-5-8(7)10(6)12(9,2)3;;;/h6,8-15H,3-5,7H2,1-2H3;4-5,9H,1-3H3;2*1H;/q;;;;+2/p-2. The van der Waals surface area contributed by atoms with Gasteiger partial charge in [-0.25, -0.2) is 0 Å². The van der Waals surface area contributed by atoms with Crippen molar-refractivity contribution in [2.75, 3.05) is 0 Å². The summed E-state index contributed by atoms with van der Waals surface area (Å²) in [4.78, 5) is 0. The zero-order valence-corrected chi connectivity index (χ0v) is 27.7. The number of fused-ring (bicyclic) bond motifs is 1. The first kappa shape index (κ1) is 29.9. The van der Waals surface area contributed by atoms with E-state index < -0.39 is 8.07 Å². The maximum Gasteiger partial charge on any atom is -1.00 e. The van der Waals surface area contributed by atoms with E-state index in [4.69, 9.17) is 0 Å². The van der Waals surface area contributed by atoms with Crippen molar-refractivity contribution in [2.45, 2.75) is 68.7 Å². The number of rotatable bonds is 5. The predicted molar refractivity (Wildman–Crippen MR) is 149 cm³/mol. The van der Waals surface area contributed by atoms with Crippen LogP contribution < -0.4 is 24.8 Å². The molecule has 2 atom stereocenters. The third-order valence-corrected chi connectivity index (χ3v) is 14.9. The van der Waals surface area contributed by atoms with Gasteiger partial charge < -0.3 is 24.8 Å². The van der Waals surface area contributed by atoms with E-state index in [-0.39, 0.29) is 24.8 Å². The summed E-state index contributed by atoms with van der Waals surface area (Å²) in [5.74, 6) is 0. The van der Waals surface area contributed by atoms with Gasteiger partial charge in [-0.05, 0) is 28.8 Å². The van der Waals surface area contributed by atoms with Crippen LogP contribution >= 0.6 is 11.3 Å². The Hall–Kier alpha value is -0.700. The number of hydrogen-bond acceptors (Lipinski definition) is 1. The number of aryl methyl sites for hydroxylation is 1. The van der Waals surface area contributed by atoms with Gasteiger partial charge in [-0.1, -0.05) is 30.8 Å². The first-order valence-electron chi connectivity index (χ1n) is 12.7. The van der Waals surface area contributed by atoms with Gasteiger partial charge in [0.15, 0.2) is 0 Å². The molecule has 2 aliphatic carbocycles. The molecule has 0 amide bonds. The molecule has 0 fully saturated rings. The van der Waals surface area contributed by atoms with Crippen LogP contribution in [0.2, 0.25) is 13.1 Å². The molecule has 7 rings (SSSR count). The van der Waals surface area contributed by atoms with Crippen LogP contribution in [0.15, 0.2) is 64.4 Å². The fraction of sp³-hybridized carbons (Fsp3) is 0.355. The summed E-state index contributed by atoms with van der Waals surface area (Å²) < 4.78 is 0.649. The van der Waals surface area contributed by atoms with Crippen molar-refractivity contribution in [3.8, 4) is 11.1 Å². The van der Waals surface area contributed by atoms with Gasteiger partial charge in [-0.15, -0.1) is 0 Å². The van der Waals surface area contributed by atoms with Gasteiger partial charge in [-0.3, -0.25) is 0 Å². The van der Waals surface area contributed by atoms with Crippen molar-refractivity contribution >= 4 is 30.7 Å². The topological polar surface area (TPSA) is 0 Å². The zero-order chi connectivity index (χ0) is 24.0. The molecule has 0 saturated heterocycles. The minimum Gasteiger partial charge on any atom is -1.00 e. The Morgan fingerprint density at radius 2 is 1.61 bits per heavy atom. The Bertz CT molecular complexity index is 1290. The number of halogens is 2. The molecule has 0 nitrogen and oxygen atoms in total. The molecule has 0 N–H and O–H groups in total. The van der Waals surface area contributed by atoms with Crippen LogP contribution in [0.3, 0.4) is 0 Å². The SMILES string of the molecule is CC1=C2c3cscc3C1[Si]2(C)C.CCCCCc1ccc(-c2cccc3c2C=C(C)[CH]3[Zr+2])cc1.[Cl-].[Cl-]. The molecule has 36 heavy (non-hydrogen) atoms. The van der Waals surface area contributed by atoms with Gasteiger partial charge in [-0.2, -0.15) is 11.3 Å². The van der Waals surface area contributed by atoms with E-state index >= 15 is 0 Å². The fourth-order valence-electron chi connectivity index (χ4n) is 6.41. The van der Waals surface area contributed by atoms with Crippen LogP contribution in [-0.2, 0) is 31.1 Å². The van der Waals surface area contributed by atoms with E-state index in [0.29, 0.717) is 3.63 Å². The number of thiophene rings is 1. The van der Waals surface area contributed by atoms with Crippen molar-refractivity contribution in [1.29, 1.82) is 0 Å². The Balaban J connectivity index is 0.000000218. The van der Waals surface area contributed by atoms with Crippen LogP contribution in [-0.4, -0.2) is 8.07 Å². The number of allylic oxidation sites excluding steroid dienone is 2. The van der Waals surface area contributed by atoms with E-state index in [1.807, 2.05) is 11.3 Å². The second-order valence-electron chi connectivity index (χ2n) is 10.7. The van der Waals surface area contributed by atoms with Gasteiger partial charge in [0.1, 0.15) is 0 Å². The number of unbranched alkanes of at least 4 members (excludes halogenated alkanes) is 2. The van der Waals surface area contributed by atoms with Crippen LogP contribution in [0.5, 0.6) is 0 Å². The molecule has 3 heterocycles.